The van der Waals surface area contributed by atoms with Crippen LogP contribution in [-0.2, 0) is 0 Å². The minimum Gasteiger partial charge on any atom is -0.505 e. The number of methoxy groups -OCH3 is 1. The monoisotopic (exact) mass is 291 g/mol. The van der Waals surface area contributed by atoms with E-state index < -0.39 is 6.10 Å². The molecule has 5 nitrogen and oxygen atoms in total. The number of aliphatic hydroxyl groups excluding tert-OH is 2. The zero-order valence-electron chi connectivity index (χ0n) is 8.77. The first-order valence-corrected chi connectivity index (χ1v) is 5.47. The number of rotatable bonds is 5. The summed E-state index contributed by atoms with van der Waals surface area (Å²) in [6, 6.07) is 3.23. The number of hydrogen-bond donors (Lipinski definition) is 4. The molecule has 90 valence electrons. The van der Waals surface area contributed by atoms with Gasteiger partial charge in [-0.1, -0.05) is 0 Å². The van der Waals surface area contributed by atoms with Gasteiger partial charge in [0.05, 0.1) is 30.0 Å². The molecule has 1 unspecified atom stereocenters. The molecule has 4 N–H and O–H groups in total. The second-order valence-corrected chi connectivity index (χ2v) is 4.08. The Balaban J connectivity index is 2.82. The molecule has 0 bridgehead atoms. The number of benzene rings is 1. The quantitative estimate of drug-likeness (QED) is 0.607. The Morgan fingerprint density at radius 2 is 2.19 bits per heavy atom. The number of hydrogen-bond acceptors (Lipinski definition) is 5. The van der Waals surface area contributed by atoms with Crippen LogP contribution in [0.3, 0.4) is 0 Å². The van der Waals surface area contributed by atoms with Crippen molar-refractivity contribution < 1.29 is 20.1 Å². The maximum Gasteiger partial charge on any atom is 0.153 e. The fourth-order valence-electron chi connectivity index (χ4n) is 1.12. The first-order valence-electron chi connectivity index (χ1n) is 4.67. The van der Waals surface area contributed by atoms with Crippen LogP contribution in [0.25, 0.3) is 0 Å². The molecule has 0 aromatic heterocycles. The van der Waals surface area contributed by atoms with E-state index in [0.717, 1.165) is 0 Å². The third kappa shape index (κ3) is 3.26. The highest BCUT2D eigenvalue weighted by Crippen LogP contribution is 2.36. The lowest BCUT2D eigenvalue weighted by Crippen LogP contribution is -2.22. The van der Waals surface area contributed by atoms with Gasteiger partial charge in [-0.2, -0.15) is 0 Å². The largest absolute Gasteiger partial charge is 0.505 e. The van der Waals surface area contributed by atoms with Crippen LogP contribution in [0.15, 0.2) is 16.6 Å². The van der Waals surface area contributed by atoms with Gasteiger partial charge in [0.25, 0.3) is 0 Å². The van der Waals surface area contributed by atoms with Crippen molar-refractivity contribution in [3.63, 3.8) is 0 Å². The number of phenols is 1. The normalized spacial score (nSPS) is 12.2. The number of aromatic hydroxyl groups is 1. The summed E-state index contributed by atoms with van der Waals surface area (Å²) >= 11 is 3.18. The molecule has 1 aromatic rings. The van der Waals surface area contributed by atoms with E-state index in [4.69, 9.17) is 14.9 Å². The Bertz CT molecular complexity index is 359. The summed E-state index contributed by atoms with van der Waals surface area (Å²) in [7, 11) is 1.52. The predicted molar refractivity (Wildman–Crippen MR) is 63.9 cm³/mol. The second-order valence-electron chi connectivity index (χ2n) is 3.22. The SMILES string of the molecule is COc1cc(Br)c(O)c(NCC(O)CO)c1. The molecule has 0 amide bonds. The first kappa shape index (κ1) is 13.1. The molecule has 0 spiro atoms. The highest BCUT2D eigenvalue weighted by Gasteiger charge is 2.10. The average molecular weight is 292 g/mol. The number of phenolic OH excluding ortho intramolecular Hbond substituents is 1. The molecule has 0 aliphatic heterocycles. The summed E-state index contributed by atoms with van der Waals surface area (Å²) in [4.78, 5) is 0. The second kappa shape index (κ2) is 5.93. The van der Waals surface area contributed by atoms with E-state index in [0.29, 0.717) is 15.9 Å². The molecule has 0 heterocycles. The van der Waals surface area contributed by atoms with Gasteiger partial charge in [0.1, 0.15) is 5.75 Å². The van der Waals surface area contributed by atoms with Gasteiger partial charge in [0.15, 0.2) is 5.75 Å². The maximum atomic E-state index is 9.69. The third-order valence-electron chi connectivity index (χ3n) is 2.01. The first-order chi connectivity index (χ1) is 7.58. The minimum atomic E-state index is -0.871. The van der Waals surface area contributed by atoms with Crippen molar-refractivity contribution in [1.82, 2.24) is 0 Å². The Morgan fingerprint density at radius 1 is 1.50 bits per heavy atom. The van der Waals surface area contributed by atoms with Crippen LogP contribution in [0.5, 0.6) is 11.5 Å². The Hall–Kier alpha value is -0.980. The average Bonchev–Trinajstić information content (AvgIpc) is 2.30. The molecule has 16 heavy (non-hydrogen) atoms. The third-order valence-corrected chi connectivity index (χ3v) is 2.62. The van der Waals surface area contributed by atoms with Crippen molar-refractivity contribution in [2.45, 2.75) is 6.10 Å². The Labute approximate surface area is 102 Å². The van der Waals surface area contributed by atoms with Crippen LogP contribution in [-0.4, -0.2) is 41.7 Å². The lowest BCUT2D eigenvalue weighted by molar-refractivity contribution is 0.105. The summed E-state index contributed by atoms with van der Waals surface area (Å²) in [5.74, 6) is 0.608. The van der Waals surface area contributed by atoms with E-state index in [2.05, 4.69) is 21.2 Å². The van der Waals surface area contributed by atoms with Gasteiger partial charge in [-0.05, 0) is 22.0 Å². The number of nitrogens with one attached hydrogen (secondary N) is 1. The van der Waals surface area contributed by atoms with Crippen molar-refractivity contribution in [1.29, 1.82) is 0 Å². The van der Waals surface area contributed by atoms with Crippen molar-refractivity contribution in [2.75, 3.05) is 25.6 Å². The molecule has 1 atom stereocenters. The van der Waals surface area contributed by atoms with E-state index in [1.54, 1.807) is 12.1 Å². The molecule has 0 radical (unpaired) electrons. The molecular weight excluding hydrogens is 278 g/mol. The van der Waals surface area contributed by atoms with Crippen LogP contribution < -0.4 is 10.1 Å². The van der Waals surface area contributed by atoms with E-state index >= 15 is 0 Å². The number of ether oxygens (including phenoxy) is 1. The van der Waals surface area contributed by atoms with E-state index in [9.17, 15) is 5.11 Å². The number of aliphatic hydroxyl groups is 2. The van der Waals surface area contributed by atoms with Crippen LogP contribution in [0.1, 0.15) is 0 Å². The van der Waals surface area contributed by atoms with E-state index in [1.165, 1.54) is 7.11 Å². The van der Waals surface area contributed by atoms with Gasteiger partial charge in [-0.25, -0.2) is 0 Å². The number of halogens is 1. The number of anilines is 1. The maximum absolute atomic E-state index is 9.69. The van der Waals surface area contributed by atoms with Gasteiger partial charge in [-0.15, -0.1) is 0 Å². The zero-order chi connectivity index (χ0) is 12.1. The molecule has 0 saturated heterocycles. The highest BCUT2D eigenvalue weighted by molar-refractivity contribution is 9.10. The summed E-state index contributed by atoms with van der Waals surface area (Å²) in [6.07, 6.45) is -0.871. The van der Waals surface area contributed by atoms with Crippen molar-refractivity contribution in [3.8, 4) is 11.5 Å². The molecule has 0 aliphatic rings. The highest BCUT2D eigenvalue weighted by atomic mass is 79.9. The lowest BCUT2D eigenvalue weighted by Gasteiger charge is -2.13. The molecule has 1 rings (SSSR count). The predicted octanol–water partition coefficient (Wildman–Crippen LogP) is 0.928. The summed E-state index contributed by atoms with van der Waals surface area (Å²) < 4.78 is 5.52. The van der Waals surface area contributed by atoms with Crippen LogP contribution in [0, 0.1) is 0 Å². The lowest BCUT2D eigenvalue weighted by atomic mass is 10.2. The van der Waals surface area contributed by atoms with Gasteiger partial charge >= 0.3 is 0 Å². The zero-order valence-corrected chi connectivity index (χ0v) is 10.4. The molecule has 6 heteroatoms. The molecule has 1 aromatic carbocycles. The fourth-order valence-corrected chi connectivity index (χ4v) is 1.56. The van der Waals surface area contributed by atoms with Gasteiger partial charge < -0.3 is 25.4 Å². The van der Waals surface area contributed by atoms with Crippen LogP contribution in [0.2, 0.25) is 0 Å². The van der Waals surface area contributed by atoms with Gasteiger partial charge in [0, 0.05) is 12.6 Å². The molecule has 0 aliphatic carbocycles. The summed E-state index contributed by atoms with van der Waals surface area (Å²) in [5.41, 5.74) is 0.429. The van der Waals surface area contributed by atoms with Gasteiger partial charge in [-0.3, -0.25) is 0 Å². The van der Waals surface area contributed by atoms with E-state index in [1.807, 2.05) is 0 Å². The fraction of sp³-hybridized carbons (Fsp3) is 0.400. The topological polar surface area (TPSA) is 82.0 Å². The van der Waals surface area contributed by atoms with Crippen LogP contribution >= 0.6 is 15.9 Å². The summed E-state index contributed by atoms with van der Waals surface area (Å²) in [6.45, 7) is -0.192. The molecule has 0 saturated carbocycles. The minimum absolute atomic E-state index is 0.0333. The van der Waals surface area contributed by atoms with Crippen molar-refractivity contribution in [3.05, 3.63) is 16.6 Å². The van der Waals surface area contributed by atoms with Gasteiger partial charge in [0.2, 0.25) is 0 Å². The summed E-state index contributed by atoms with van der Waals surface area (Å²) in [5, 5.41) is 30.3. The standard InChI is InChI=1S/C10H14BrNO4/c1-16-7-2-8(11)10(15)9(3-7)12-4-6(14)5-13/h2-3,6,12-15H,4-5H2,1H3. The smallest absolute Gasteiger partial charge is 0.153 e. The molecule has 0 fully saturated rings. The van der Waals surface area contributed by atoms with Crippen molar-refractivity contribution >= 4 is 21.6 Å². The Morgan fingerprint density at radius 3 is 2.75 bits per heavy atom. The van der Waals surface area contributed by atoms with Crippen molar-refractivity contribution in [2.24, 2.45) is 0 Å². The molecular formula is C10H14BrNO4. The van der Waals surface area contributed by atoms with Crippen LogP contribution in [0.4, 0.5) is 5.69 Å². The Kier molecular flexibility index (Phi) is 4.85. The van der Waals surface area contributed by atoms with E-state index in [-0.39, 0.29) is 18.9 Å².